The summed E-state index contributed by atoms with van der Waals surface area (Å²) in [6.07, 6.45) is 0. The zero-order valence-corrected chi connectivity index (χ0v) is 27.6. The molecule has 0 unspecified atom stereocenters. The molecular formula is C47H31N3O. The Morgan fingerprint density at radius 1 is 0.451 bits per heavy atom. The number of aromatic nitrogens is 2. The van der Waals surface area contributed by atoms with Crippen LogP contribution >= 0.6 is 0 Å². The minimum atomic E-state index is 0.624. The lowest BCUT2D eigenvalue weighted by molar-refractivity contribution is 0.621. The summed E-state index contributed by atoms with van der Waals surface area (Å²) in [7, 11) is 0. The summed E-state index contributed by atoms with van der Waals surface area (Å²) in [6, 6.07) is 66.2. The Morgan fingerprint density at radius 2 is 1.06 bits per heavy atom. The highest BCUT2D eigenvalue weighted by molar-refractivity contribution is 6.11. The number of rotatable bonds is 6. The SMILES string of the molecule is c1ccc(-c2nc3c(o2)c(-c2ccc(N(c4ccccc4)c4ccc5c6ccccc6n(-c6ccccc6)c5c4)cc2)cc2ccccc23)cc1. The molecule has 0 radical (unpaired) electrons. The van der Waals surface area contributed by atoms with Gasteiger partial charge in [0.05, 0.1) is 11.0 Å². The first-order chi connectivity index (χ1) is 25.3. The van der Waals surface area contributed by atoms with Gasteiger partial charge in [-0.1, -0.05) is 115 Å². The van der Waals surface area contributed by atoms with Gasteiger partial charge in [0.2, 0.25) is 5.89 Å². The van der Waals surface area contributed by atoms with E-state index in [1.165, 1.54) is 16.3 Å². The summed E-state index contributed by atoms with van der Waals surface area (Å²) in [5, 5.41) is 4.68. The van der Waals surface area contributed by atoms with E-state index in [4.69, 9.17) is 9.40 Å². The Bertz CT molecular complexity index is 2840. The standard InChI is InChI=1S/C47H31N3O/c1-4-14-33(15-5-1)47-48-45-39-21-11-10-16-34(39)30-42(46(45)51-47)32-24-26-37(27-25-32)49(35-17-6-2-7-18-35)38-28-29-41-40-22-12-13-23-43(40)50(44(41)31-38)36-19-8-3-9-20-36/h1-31H. The third kappa shape index (κ3) is 4.88. The molecule has 0 spiro atoms. The Labute approximate surface area is 295 Å². The van der Waals surface area contributed by atoms with Crippen molar-refractivity contribution < 1.29 is 4.42 Å². The molecule has 2 heterocycles. The smallest absolute Gasteiger partial charge is 0.227 e. The lowest BCUT2D eigenvalue weighted by Crippen LogP contribution is -2.10. The molecule has 0 saturated carbocycles. The Morgan fingerprint density at radius 3 is 1.84 bits per heavy atom. The number of oxazole rings is 1. The van der Waals surface area contributed by atoms with Crippen molar-refractivity contribution in [3.63, 3.8) is 0 Å². The second-order valence-electron chi connectivity index (χ2n) is 12.8. The molecular weight excluding hydrogens is 623 g/mol. The number of hydrogen-bond acceptors (Lipinski definition) is 3. The fourth-order valence-electron chi connectivity index (χ4n) is 7.43. The average Bonchev–Trinajstić information content (AvgIpc) is 3.80. The quantitative estimate of drug-likeness (QED) is 0.179. The fraction of sp³-hybridized carbons (Fsp3) is 0. The molecule has 0 aliphatic rings. The van der Waals surface area contributed by atoms with Crippen LogP contribution < -0.4 is 4.90 Å². The first-order valence-corrected chi connectivity index (χ1v) is 17.2. The maximum Gasteiger partial charge on any atom is 0.227 e. The summed E-state index contributed by atoms with van der Waals surface area (Å²) < 4.78 is 8.92. The molecule has 0 aliphatic heterocycles. The second-order valence-corrected chi connectivity index (χ2v) is 12.8. The van der Waals surface area contributed by atoms with Gasteiger partial charge in [0.25, 0.3) is 0 Å². The van der Waals surface area contributed by atoms with Gasteiger partial charge in [0.1, 0.15) is 5.52 Å². The van der Waals surface area contributed by atoms with Crippen molar-refractivity contribution in [1.29, 1.82) is 0 Å². The highest BCUT2D eigenvalue weighted by Gasteiger charge is 2.20. The van der Waals surface area contributed by atoms with Crippen molar-refractivity contribution in [2.24, 2.45) is 0 Å². The lowest BCUT2D eigenvalue weighted by atomic mass is 9.99. The molecule has 0 aliphatic carbocycles. The monoisotopic (exact) mass is 653 g/mol. The van der Waals surface area contributed by atoms with Crippen LogP contribution in [0.3, 0.4) is 0 Å². The summed E-state index contributed by atoms with van der Waals surface area (Å²) >= 11 is 0. The van der Waals surface area contributed by atoms with Gasteiger partial charge in [-0.05, 0) is 83.7 Å². The number of para-hydroxylation sites is 3. The number of benzene rings is 8. The summed E-state index contributed by atoms with van der Waals surface area (Å²) in [5.41, 5.74) is 11.4. The summed E-state index contributed by atoms with van der Waals surface area (Å²) in [6.45, 7) is 0. The van der Waals surface area contributed by atoms with Gasteiger partial charge in [-0.3, -0.25) is 0 Å². The summed E-state index contributed by atoms with van der Waals surface area (Å²) in [5.74, 6) is 0.624. The van der Waals surface area contributed by atoms with E-state index >= 15 is 0 Å². The molecule has 0 atom stereocenters. The van der Waals surface area contributed by atoms with E-state index < -0.39 is 0 Å². The predicted octanol–water partition coefficient (Wildman–Crippen LogP) is 12.9. The van der Waals surface area contributed by atoms with Gasteiger partial charge in [-0.15, -0.1) is 0 Å². The van der Waals surface area contributed by atoms with E-state index in [0.717, 1.165) is 66.8 Å². The van der Waals surface area contributed by atoms with Crippen LogP contribution in [0, 0.1) is 0 Å². The Balaban J connectivity index is 1.13. The van der Waals surface area contributed by atoms with Crippen molar-refractivity contribution in [2.75, 3.05) is 4.90 Å². The number of anilines is 3. The van der Waals surface area contributed by atoms with E-state index in [0.29, 0.717) is 5.89 Å². The highest BCUT2D eigenvalue weighted by atomic mass is 16.3. The van der Waals surface area contributed by atoms with Gasteiger partial charge in [0, 0.05) is 50.0 Å². The van der Waals surface area contributed by atoms with Crippen molar-refractivity contribution in [2.45, 2.75) is 0 Å². The van der Waals surface area contributed by atoms with Crippen LogP contribution in [-0.4, -0.2) is 9.55 Å². The van der Waals surface area contributed by atoms with Crippen LogP contribution in [0.1, 0.15) is 0 Å². The van der Waals surface area contributed by atoms with Gasteiger partial charge in [-0.25, -0.2) is 4.98 Å². The zero-order chi connectivity index (χ0) is 33.7. The Hall–Kier alpha value is -6.91. The molecule has 10 rings (SSSR count). The molecule has 51 heavy (non-hydrogen) atoms. The molecule has 2 aromatic heterocycles. The van der Waals surface area contributed by atoms with Crippen LogP contribution in [-0.2, 0) is 0 Å². The molecule has 0 N–H and O–H groups in total. The van der Waals surface area contributed by atoms with Crippen LogP contribution in [0.15, 0.2) is 192 Å². The van der Waals surface area contributed by atoms with Crippen LogP contribution in [0.25, 0.3) is 71.9 Å². The number of nitrogens with zero attached hydrogens (tertiary/aromatic N) is 3. The minimum Gasteiger partial charge on any atom is -0.435 e. The van der Waals surface area contributed by atoms with E-state index in [1.807, 2.05) is 30.3 Å². The largest absolute Gasteiger partial charge is 0.435 e. The van der Waals surface area contributed by atoms with E-state index in [2.05, 4.69) is 167 Å². The van der Waals surface area contributed by atoms with Crippen LogP contribution in [0.5, 0.6) is 0 Å². The zero-order valence-electron chi connectivity index (χ0n) is 27.6. The van der Waals surface area contributed by atoms with Gasteiger partial charge < -0.3 is 13.9 Å². The highest BCUT2D eigenvalue weighted by Crippen LogP contribution is 2.42. The molecule has 8 aromatic carbocycles. The molecule has 0 fully saturated rings. The topological polar surface area (TPSA) is 34.2 Å². The van der Waals surface area contributed by atoms with E-state index in [1.54, 1.807) is 0 Å². The second kappa shape index (κ2) is 11.9. The Kier molecular flexibility index (Phi) is 6.78. The van der Waals surface area contributed by atoms with E-state index in [-0.39, 0.29) is 0 Å². The van der Waals surface area contributed by atoms with Crippen LogP contribution in [0.2, 0.25) is 0 Å². The third-order valence-electron chi connectivity index (χ3n) is 9.79. The molecule has 10 aromatic rings. The first kappa shape index (κ1) is 29.0. The van der Waals surface area contributed by atoms with Gasteiger partial charge in [-0.2, -0.15) is 0 Å². The van der Waals surface area contributed by atoms with Crippen molar-refractivity contribution in [3.8, 4) is 28.3 Å². The first-order valence-electron chi connectivity index (χ1n) is 17.2. The minimum absolute atomic E-state index is 0.624. The molecule has 4 nitrogen and oxygen atoms in total. The number of fused-ring (bicyclic) bond motifs is 6. The molecule has 0 amide bonds. The van der Waals surface area contributed by atoms with Crippen molar-refractivity contribution >= 4 is 60.7 Å². The van der Waals surface area contributed by atoms with Gasteiger partial charge in [0.15, 0.2) is 5.58 Å². The van der Waals surface area contributed by atoms with Crippen LogP contribution in [0.4, 0.5) is 17.1 Å². The fourth-order valence-corrected chi connectivity index (χ4v) is 7.43. The number of hydrogen-bond donors (Lipinski definition) is 0. The summed E-state index contributed by atoms with van der Waals surface area (Å²) in [4.78, 5) is 7.34. The molecule has 4 heteroatoms. The van der Waals surface area contributed by atoms with E-state index in [9.17, 15) is 0 Å². The average molecular weight is 654 g/mol. The third-order valence-corrected chi connectivity index (χ3v) is 9.79. The normalized spacial score (nSPS) is 11.5. The predicted molar refractivity (Wildman–Crippen MR) is 211 cm³/mol. The molecule has 0 bridgehead atoms. The van der Waals surface area contributed by atoms with Crippen molar-refractivity contribution in [3.05, 3.63) is 188 Å². The molecule has 0 saturated heterocycles. The maximum atomic E-state index is 6.55. The molecule has 240 valence electrons. The lowest BCUT2D eigenvalue weighted by Gasteiger charge is -2.26. The maximum absolute atomic E-state index is 6.55. The van der Waals surface area contributed by atoms with Gasteiger partial charge >= 0.3 is 0 Å². The van der Waals surface area contributed by atoms with Crippen molar-refractivity contribution in [1.82, 2.24) is 9.55 Å².